The van der Waals surface area contributed by atoms with Crippen LogP contribution in [0, 0.1) is 0 Å². The summed E-state index contributed by atoms with van der Waals surface area (Å²) in [4.78, 5) is 29.4. The first-order chi connectivity index (χ1) is 27.3. The largest absolute Gasteiger partial charge is 0.457 e. The van der Waals surface area contributed by atoms with Crippen molar-refractivity contribution in [2.24, 2.45) is 0 Å². The summed E-state index contributed by atoms with van der Waals surface area (Å²) in [5, 5.41) is 0. The molecule has 2 aromatic heterocycles. The van der Waals surface area contributed by atoms with E-state index < -0.39 is 0 Å². The second-order valence-electron chi connectivity index (χ2n) is 14.1. The molecule has 0 N–H and O–H groups in total. The highest BCUT2D eigenvalue weighted by molar-refractivity contribution is 5.75. The molecule has 1 aliphatic carbocycles. The summed E-state index contributed by atoms with van der Waals surface area (Å²) >= 11 is 0. The van der Waals surface area contributed by atoms with Crippen LogP contribution in [0.5, 0.6) is 5.75 Å². The number of nitrogens with zero attached hydrogens (tertiary/aromatic N) is 6. The van der Waals surface area contributed by atoms with Crippen molar-refractivity contribution in [1.29, 1.82) is 0 Å². The van der Waals surface area contributed by atoms with Gasteiger partial charge in [0.1, 0.15) is 11.5 Å². The predicted octanol–water partition coefficient (Wildman–Crippen LogP) is 11.5. The van der Waals surface area contributed by atoms with Crippen LogP contribution in [-0.2, 0) is 5.41 Å². The van der Waals surface area contributed by atoms with Crippen molar-refractivity contribution in [3.05, 3.63) is 193 Å². The standard InChI is InChI=1S/C49H40N6O/c1-6-32(2)34-24-26-37(27-25-34)44-50-43(23-15-21-40-33(3)56-42-22-14-13-20-41(42)49(40,4)5)51-45(52-44)38-28-30-39(31-29-38)48-54-46(35-16-9-7-10-17-35)53-47(55-48)36-18-11-8-12-19-36/h6-7,9-11,13-31H,1-3,8,12H2,4-5H3/b23-15?,40-21+. The Hall–Kier alpha value is -7.12. The van der Waals surface area contributed by atoms with Crippen LogP contribution in [0.15, 0.2) is 171 Å². The fraction of sp³-hybridized carbons (Fsp3) is 0.102. The molecule has 0 amide bonds. The van der Waals surface area contributed by atoms with Gasteiger partial charge >= 0.3 is 0 Å². The first-order valence-corrected chi connectivity index (χ1v) is 18.6. The molecule has 0 saturated carbocycles. The molecular formula is C49H40N6O. The van der Waals surface area contributed by atoms with Gasteiger partial charge in [-0.25, -0.2) is 29.9 Å². The highest BCUT2D eigenvalue weighted by Crippen LogP contribution is 2.45. The highest BCUT2D eigenvalue weighted by Gasteiger charge is 2.35. The van der Waals surface area contributed by atoms with Gasteiger partial charge in [-0.3, -0.25) is 0 Å². The Morgan fingerprint density at radius 1 is 0.661 bits per heavy atom. The molecule has 7 heteroatoms. The van der Waals surface area contributed by atoms with Crippen molar-refractivity contribution in [2.75, 3.05) is 0 Å². The molecule has 8 rings (SSSR count). The van der Waals surface area contributed by atoms with Gasteiger partial charge in [0.25, 0.3) is 0 Å². The molecule has 6 aromatic rings. The molecule has 0 spiro atoms. The Morgan fingerprint density at radius 2 is 1.21 bits per heavy atom. The van der Waals surface area contributed by atoms with E-state index in [2.05, 4.69) is 57.9 Å². The third-order valence-electron chi connectivity index (χ3n) is 10.0. The summed E-state index contributed by atoms with van der Waals surface area (Å²) in [5.74, 6) is 4.91. The molecule has 4 aromatic carbocycles. The van der Waals surface area contributed by atoms with Gasteiger partial charge < -0.3 is 4.74 Å². The molecule has 7 nitrogen and oxygen atoms in total. The molecule has 2 aliphatic rings. The van der Waals surface area contributed by atoms with Crippen molar-refractivity contribution in [1.82, 2.24) is 29.9 Å². The zero-order valence-electron chi connectivity index (χ0n) is 31.5. The molecule has 0 unspecified atom stereocenters. The second kappa shape index (κ2) is 15.3. The van der Waals surface area contributed by atoms with Crippen LogP contribution >= 0.6 is 0 Å². The Kier molecular flexibility index (Phi) is 9.82. The first kappa shape index (κ1) is 35.9. The number of benzene rings is 4. The maximum absolute atomic E-state index is 6.11. The maximum atomic E-state index is 6.11. The number of ether oxygens (including phenoxy) is 1. The Bertz CT molecular complexity index is 2610. The number of aromatic nitrogens is 6. The smallest absolute Gasteiger partial charge is 0.164 e. The van der Waals surface area contributed by atoms with Crippen molar-refractivity contribution in [2.45, 2.75) is 32.1 Å². The van der Waals surface area contributed by atoms with Gasteiger partial charge in [-0.15, -0.1) is 0 Å². The summed E-state index contributed by atoms with van der Waals surface area (Å²) in [6, 6.07) is 34.0. The summed E-state index contributed by atoms with van der Waals surface area (Å²) < 4.78 is 6.11. The number of hydrogen-bond acceptors (Lipinski definition) is 7. The van der Waals surface area contributed by atoms with E-state index in [-0.39, 0.29) is 5.41 Å². The SMILES string of the molecule is C=CC(=C)c1ccc(-c2nc(C=C/C=C3\C(=C)Oc4ccccc4C3(C)C)nc(-c3ccc(-c4nc(C5=CCCC=C5)nc(-c5ccccc5)n4)cc3)n2)cc1. The van der Waals surface area contributed by atoms with E-state index in [0.29, 0.717) is 40.7 Å². The molecule has 56 heavy (non-hydrogen) atoms. The average Bonchev–Trinajstić information content (AvgIpc) is 3.25. The van der Waals surface area contributed by atoms with Gasteiger partial charge in [-0.1, -0.05) is 167 Å². The number of rotatable bonds is 9. The summed E-state index contributed by atoms with van der Waals surface area (Å²) in [6.07, 6.45) is 16.0. The summed E-state index contributed by atoms with van der Waals surface area (Å²) in [6.45, 7) is 16.5. The van der Waals surface area contributed by atoms with Crippen LogP contribution in [0.3, 0.4) is 0 Å². The number of fused-ring (bicyclic) bond motifs is 1. The van der Waals surface area contributed by atoms with Gasteiger partial charge in [0.05, 0.1) is 0 Å². The van der Waals surface area contributed by atoms with E-state index in [1.54, 1.807) is 6.08 Å². The van der Waals surface area contributed by atoms with Gasteiger partial charge in [0.2, 0.25) is 0 Å². The van der Waals surface area contributed by atoms with Crippen LogP contribution in [0.25, 0.3) is 62.8 Å². The van der Waals surface area contributed by atoms with E-state index in [9.17, 15) is 0 Å². The van der Waals surface area contributed by atoms with E-state index >= 15 is 0 Å². The normalized spacial score (nSPS) is 15.3. The molecule has 0 radical (unpaired) electrons. The fourth-order valence-electron chi connectivity index (χ4n) is 6.86. The lowest BCUT2D eigenvalue weighted by atomic mass is 9.74. The number of hydrogen-bond donors (Lipinski definition) is 0. The van der Waals surface area contributed by atoms with Gasteiger partial charge in [0.15, 0.2) is 34.9 Å². The lowest BCUT2D eigenvalue weighted by Crippen LogP contribution is -2.28. The molecule has 0 atom stereocenters. The zero-order chi connectivity index (χ0) is 38.6. The predicted molar refractivity (Wildman–Crippen MR) is 227 cm³/mol. The van der Waals surface area contributed by atoms with E-state index in [4.69, 9.17) is 34.6 Å². The molecule has 0 fully saturated rings. The quantitative estimate of drug-likeness (QED) is 0.137. The van der Waals surface area contributed by atoms with E-state index in [0.717, 1.165) is 68.7 Å². The van der Waals surface area contributed by atoms with Gasteiger partial charge in [0, 0.05) is 44.4 Å². The highest BCUT2D eigenvalue weighted by atomic mass is 16.5. The van der Waals surface area contributed by atoms with E-state index in [1.165, 1.54) is 0 Å². The molecule has 3 heterocycles. The topological polar surface area (TPSA) is 86.6 Å². The zero-order valence-corrected chi connectivity index (χ0v) is 31.5. The molecular weight excluding hydrogens is 689 g/mol. The Morgan fingerprint density at radius 3 is 1.82 bits per heavy atom. The van der Waals surface area contributed by atoms with Crippen molar-refractivity contribution in [3.63, 3.8) is 0 Å². The lowest BCUT2D eigenvalue weighted by molar-refractivity contribution is 0.374. The molecule has 1 aliphatic heterocycles. The minimum Gasteiger partial charge on any atom is -0.457 e. The van der Waals surface area contributed by atoms with Gasteiger partial charge in [-0.2, -0.15) is 0 Å². The van der Waals surface area contributed by atoms with E-state index in [1.807, 2.05) is 115 Å². The fourth-order valence-corrected chi connectivity index (χ4v) is 6.86. The minimum atomic E-state index is -0.310. The average molecular weight is 729 g/mol. The van der Waals surface area contributed by atoms with Crippen molar-refractivity contribution < 1.29 is 4.74 Å². The third-order valence-corrected chi connectivity index (χ3v) is 10.0. The van der Waals surface area contributed by atoms with Crippen LogP contribution in [0.4, 0.5) is 0 Å². The molecule has 0 saturated heterocycles. The summed E-state index contributed by atoms with van der Waals surface area (Å²) in [7, 11) is 0. The monoisotopic (exact) mass is 728 g/mol. The maximum Gasteiger partial charge on any atom is 0.164 e. The van der Waals surface area contributed by atoms with Crippen molar-refractivity contribution >= 4 is 17.2 Å². The Labute approximate surface area is 327 Å². The molecule has 272 valence electrons. The third kappa shape index (κ3) is 7.35. The minimum absolute atomic E-state index is 0.310. The molecule has 0 bridgehead atoms. The van der Waals surface area contributed by atoms with Crippen LogP contribution < -0.4 is 4.74 Å². The van der Waals surface area contributed by atoms with Crippen LogP contribution in [0.2, 0.25) is 0 Å². The van der Waals surface area contributed by atoms with Gasteiger partial charge in [-0.05, 0) is 36.1 Å². The first-order valence-electron chi connectivity index (χ1n) is 18.6. The Balaban J connectivity index is 1.17. The number of para-hydroxylation sites is 1. The number of allylic oxidation sites excluding steroid dienone is 9. The van der Waals surface area contributed by atoms with Crippen molar-refractivity contribution in [3.8, 4) is 51.3 Å². The lowest BCUT2D eigenvalue weighted by Gasteiger charge is -2.36. The van der Waals surface area contributed by atoms with Crippen LogP contribution in [0.1, 0.15) is 49.5 Å². The second-order valence-corrected chi connectivity index (χ2v) is 14.1. The van der Waals surface area contributed by atoms with Crippen LogP contribution in [-0.4, -0.2) is 29.9 Å². The summed E-state index contributed by atoms with van der Waals surface area (Å²) in [5.41, 5.74) is 8.05.